The SMILES string of the molecule is CN=C(NCCSC)NCC(=O)NCc1ccc(OC)cc1. The second-order valence-electron chi connectivity index (χ2n) is 4.47. The molecule has 0 fully saturated rings. The third-order valence-electron chi connectivity index (χ3n) is 2.89. The van der Waals surface area contributed by atoms with E-state index in [-0.39, 0.29) is 12.5 Å². The Labute approximate surface area is 136 Å². The number of thioether (sulfide) groups is 1. The van der Waals surface area contributed by atoms with Crippen molar-refractivity contribution in [1.29, 1.82) is 0 Å². The van der Waals surface area contributed by atoms with E-state index in [0.717, 1.165) is 23.6 Å². The minimum absolute atomic E-state index is 0.0800. The van der Waals surface area contributed by atoms with Crippen LogP contribution in [0.4, 0.5) is 0 Å². The second-order valence-corrected chi connectivity index (χ2v) is 5.46. The molecule has 0 spiro atoms. The summed E-state index contributed by atoms with van der Waals surface area (Å²) in [6.07, 6.45) is 2.05. The number of ether oxygens (including phenoxy) is 1. The number of nitrogens with zero attached hydrogens (tertiary/aromatic N) is 1. The maximum atomic E-state index is 11.8. The molecule has 0 heterocycles. The van der Waals surface area contributed by atoms with Crippen LogP contribution >= 0.6 is 11.8 Å². The van der Waals surface area contributed by atoms with Crippen LogP contribution in [0.3, 0.4) is 0 Å². The highest BCUT2D eigenvalue weighted by Gasteiger charge is 2.03. The van der Waals surface area contributed by atoms with Crippen LogP contribution in [0.15, 0.2) is 29.3 Å². The normalized spacial score (nSPS) is 11.0. The van der Waals surface area contributed by atoms with E-state index < -0.39 is 0 Å². The minimum atomic E-state index is -0.0800. The van der Waals surface area contributed by atoms with Crippen molar-refractivity contribution in [2.24, 2.45) is 4.99 Å². The summed E-state index contributed by atoms with van der Waals surface area (Å²) in [6.45, 7) is 1.49. The summed E-state index contributed by atoms with van der Waals surface area (Å²) in [7, 11) is 3.31. The van der Waals surface area contributed by atoms with Gasteiger partial charge in [-0.3, -0.25) is 9.79 Å². The monoisotopic (exact) mass is 324 g/mol. The zero-order valence-electron chi connectivity index (χ0n) is 13.3. The number of methoxy groups -OCH3 is 1. The lowest BCUT2D eigenvalue weighted by Crippen LogP contribution is -2.43. The van der Waals surface area contributed by atoms with E-state index in [1.54, 1.807) is 25.9 Å². The van der Waals surface area contributed by atoms with Gasteiger partial charge >= 0.3 is 0 Å². The van der Waals surface area contributed by atoms with Gasteiger partial charge in [0.25, 0.3) is 0 Å². The fourth-order valence-electron chi connectivity index (χ4n) is 1.66. The van der Waals surface area contributed by atoms with Gasteiger partial charge in [-0.25, -0.2) is 0 Å². The van der Waals surface area contributed by atoms with Gasteiger partial charge in [0.1, 0.15) is 5.75 Å². The minimum Gasteiger partial charge on any atom is -0.497 e. The molecule has 0 atom stereocenters. The lowest BCUT2D eigenvalue weighted by molar-refractivity contribution is -0.120. The van der Waals surface area contributed by atoms with Crippen molar-refractivity contribution in [3.05, 3.63) is 29.8 Å². The summed E-state index contributed by atoms with van der Waals surface area (Å²) in [6, 6.07) is 7.60. The number of benzene rings is 1. The van der Waals surface area contributed by atoms with Gasteiger partial charge in [-0.05, 0) is 24.0 Å². The number of aliphatic imine (C=N–C) groups is 1. The average molecular weight is 324 g/mol. The third-order valence-corrected chi connectivity index (χ3v) is 3.50. The molecule has 1 aromatic carbocycles. The quantitative estimate of drug-likeness (QED) is 0.375. The molecule has 0 aromatic heterocycles. The summed E-state index contributed by atoms with van der Waals surface area (Å²) in [5.74, 6) is 2.35. The number of hydrogen-bond donors (Lipinski definition) is 3. The number of guanidine groups is 1. The van der Waals surface area contributed by atoms with Gasteiger partial charge in [0.15, 0.2) is 5.96 Å². The summed E-state index contributed by atoms with van der Waals surface area (Å²) < 4.78 is 5.09. The maximum absolute atomic E-state index is 11.8. The standard InChI is InChI=1S/C15H24N4O2S/c1-16-15(17-8-9-22-3)19-11-14(20)18-10-12-4-6-13(21-2)7-5-12/h4-7H,8-11H2,1-3H3,(H,18,20)(H2,16,17,19). The smallest absolute Gasteiger partial charge is 0.239 e. The Hall–Kier alpha value is -1.89. The van der Waals surface area contributed by atoms with Gasteiger partial charge < -0.3 is 20.7 Å². The van der Waals surface area contributed by atoms with Crippen LogP contribution in [0.25, 0.3) is 0 Å². The van der Waals surface area contributed by atoms with Crippen LogP contribution in [0.1, 0.15) is 5.56 Å². The molecule has 0 saturated heterocycles. The van der Waals surface area contributed by atoms with Crippen molar-refractivity contribution >= 4 is 23.6 Å². The first-order valence-electron chi connectivity index (χ1n) is 7.02. The van der Waals surface area contributed by atoms with Crippen molar-refractivity contribution in [1.82, 2.24) is 16.0 Å². The van der Waals surface area contributed by atoms with Gasteiger partial charge in [0, 0.05) is 25.9 Å². The Morgan fingerprint density at radius 3 is 2.55 bits per heavy atom. The highest BCUT2D eigenvalue weighted by molar-refractivity contribution is 7.98. The van der Waals surface area contributed by atoms with Gasteiger partial charge in [0.2, 0.25) is 5.91 Å². The number of nitrogens with one attached hydrogen (secondary N) is 3. The molecule has 1 rings (SSSR count). The van der Waals surface area contributed by atoms with E-state index in [0.29, 0.717) is 12.5 Å². The molecule has 0 unspecified atom stereocenters. The van der Waals surface area contributed by atoms with Gasteiger partial charge in [0.05, 0.1) is 13.7 Å². The Balaban J connectivity index is 2.27. The molecule has 0 radical (unpaired) electrons. The van der Waals surface area contributed by atoms with Crippen LogP contribution in [-0.2, 0) is 11.3 Å². The molecule has 1 aromatic rings. The molecule has 0 saturated carbocycles. The number of amides is 1. The van der Waals surface area contributed by atoms with Crippen LogP contribution in [0.5, 0.6) is 5.75 Å². The van der Waals surface area contributed by atoms with Crippen molar-refractivity contribution in [3.63, 3.8) is 0 Å². The number of carbonyl (C=O) groups is 1. The second kappa shape index (κ2) is 10.8. The van der Waals surface area contributed by atoms with Crippen LogP contribution in [0, 0.1) is 0 Å². The summed E-state index contributed by atoms with van der Waals surface area (Å²) in [5.41, 5.74) is 1.02. The molecular weight excluding hydrogens is 300 g/mol. The van der Waals surface area contributed by atoms with Crippen molar-refractivity contribution in [2.45, 2.75) is 6.54 Å². The van der Waals surface area contributed by atoms with E-state index in [4.69, 9.17) is 4.74 Å². The van der Waals surface area contributed by atoms with E-state index in [1.807, 2.05) is 30.5 Å². The first-order valence-corrected chi connectivity index (χ1v) is 8.42. The van der Waals surface area contributed by atoms with E-state index in [1.165, 1.54) is 0 Å². The zero-order valence-corrected chi connectivity index (χ0v) is 14.1. The maximum Gasteiger partial charge on any atom is 0.239 e. The Bertz CT molecular complexity index is 477. The molecule has 3 N–H and O–H groups in total. The molecule has 0 aliphatic heterocycles. The average Bonchev–Trinajstić information content (AvgIpc) is 2.56. The number of hydrogen-bond acceptors (Lipinski definition) is 4. The Morgan fingerprint density at radius 1 is 1.23 bits per heavy atom. The summed E-state index contributed by atoms with van der Waals surface area (Å²) in [5, 5.41) is 8.97. The molecule has 7 heteroatoms. The lowest BCUT2D eigenvalue weighted by Gasteiger charge is -2.11. The third kappa shape index (κ3) is 7.21. The van der Waals surface area contributed by atoms with Crippen molar-refractivity contribution < 1.29 is 9.53 Å². The van der Waals surface area contributed by atoms with Crippen LogP contribution < -0.4 is 20.7 Å². The highest BCUT2D eigenvalue weighted by atomic mass is 32.2. The summed E-state index contributed by atoms with van der Waals surface area (Å²) in [4.78, 5) is 15.9. The zero-order chi connectivity index (χ0) is 16.2. The number of rotatable bonds is 8. The van der Waals surface area contributed by atoms with Crippen LogP contribution in [0.2, 0.25) is 0 Å². The largest absolute Gasteiger partial charge is 0.497 e. The first-order chi connectivity index (χ1) is 10.7. The fourth-order valence-corrected chi connectivity index (χ4v) is 1.97. The number of carbonyl (C=O) groups excluding carboxylic acids is 1. The molecular formula is C15H24N4O2S. The molecule has 22 heavy (non-hydrogen) atoms. The van der Waals surface area contributed by atoms with E-state index in [9.17, 15) is 4.79 Å². The summed E-state index contributed by atoms with van der Waals surface area (Å²) >= 11 is 1.75. The first kappa shape index (κ1) is 18.2. The van der Waals surface area contributed by atoms with Gasteiger partial charge in [-0.1, -0.05) is 12.1 Å². The van der Waals surface area contributed by atoms with Gasteiger partial charge in [-0.2, -0.15) is 11.8 Å². The van der Waals surface area contributed by atoms with Crippen LogP contribution in [-0.4, -0.2) is 51.1 Å². The Kier molecular flexibility index (Phi) is 8.90. The molecule has 0 bridgehead atoms. The van der Waals surface area contributed by atoms with Crippen molar-refractivity contribution in [3.8, 4) is 5.75 Å². The molecule has 1 amide bonds. The molecule has 6 nitrogen and oxygen atoms in total. The van der Waals surface area contributed by atoms with Crippen molar-refractivity contribution in [2.75, 3.05) is 39.3 Å². The fraction of sp³-hybridized carbons (Fsp3) is 0.467. The Morgan fingerprint density at radius 2 is 1.95 bits per heavy atom. The van der Waals surface area contributed by atoms with E-state index in [2.05, 4.69) is 20.9 Å². The highest BCUT2D eigenvalue weighted by Crippen LogP contribution is 2.10. The predicted molar refractivity (Wildman–Crippen MR) is 92.6 cm³/mol. The molecule has 0 aliphatic rings. The predicted octanol–water partition coefficient (Wildman–Crippen LogP) is 0.839. The van der Waals surface area contributed by atoms with Gasteiger partial charge in [-0.15, -0.1) is 0 Å². The topological polar surface area (TPSA) is 74.8 Å². The molecule has 0 aliphatic carbocycles. The lowest BCUT2D eigenvalue weighted by atomic mass is 10.2. The molecule has 122 valence electrons. The van der Waals surface area contributed by atoms with E-state index >= 15 is 0 Å².